The van der Waals surface area contributed by atoms with Crippen LogP contribution in [0.5, 0.6) is 5.75 Å². The summed E-state index contributed by atoms with van der Waals surface area (Å²) in [5.41, 5.74) is 25.1. The summed E-state index contributed by atoms with van der Waals surface area (Å²) in [7, 11) is 2.68. The highest BCUT2D eigenvalue weighted by molar-refractivity contribution is 7.98. The summed E-state index contributed by atoms with van der Waals surface area (Å²) in [5, 5.41) is 37.9. The number of aliphatic imine (C=N–C) groups is 1. The number of para-hydroxylation sites is 1. The van der Waals surface area contributed by atoms with Crippen LogP contribution < -0.4 is 75.5 Å². The van der Waals surface area contributed by atoms with Gasteiger partial charge < -0.3 is 100 Å². The molecular formula is C73H107N17O19S2. The summed E-state index contributed by atoms with van der Waals surface area (Å²) in [6.45, 7) is 2.55. The third kappa shape index (κ3) is 31.3. The van der Waals surface area contributed by atoms with Crippen LogP contribution in [0.4, 0.5) is 0 Å². The van der Waals surface area contributed by atoms with Crippen molar-refractivity contribution >= 4 is 130 Å². The quantitative estimate of drug-likeness (QED) is 0.00892. The maximum atomic E-state index is 15.3. The number of aliphatic carboxylic acids is 1. The molecule has 111 heavy (non-hydrogen) atoms. The van der Waals surface area contributed by atoms with Gasteiger partial charge >= 0.3 is 11.9 Å². The van der Waals surface area contributed by atoms with Crippen LogP contribution in [0.25, 0.3) is 10.9 Å². The zero-order valence-corrected chi connectivity index (χ0v) is 64.5. The molecule has 2 aromatic carbocycles. The minimum Gasteiger partial charge on any atom is -0.494 e. The van der Waals surface area contributed by atoms with Gasteiger partial charge in [0.15, 0.2) is 5.96 Å². The smallest absolute Gasteiger partial charge is 0.344 e. The number of rotatable bonds is 40. The maximum absolute atomic E-state index is 15.3. The van der Waals surface area contributed by atoms with Crippen molar-refractivity contribution in [2.75, 3.05) is 52.0 Å². The highest BCUT2D eigenvalue weighted by atomic mass is 32.2. The number of guanidine groups is 1. The van der Waals surface area contributed by atoms with Crippen LogP contribution in [-0.2, 0) is 99.7 Å². The number of nitrogens with two attached hydrogens (primary N) is 4. The molecule has 3 aromatic rings. The van der Waals surface area contributed by atoms with Crippen molar-refractivity contribution < 1.29 is 91.6 Å². The van der Waals surface area contributed by atoms with Crippen LogP contribution in [0.3, 0.4) is 0 Å². The van der Waals surface area contributed by atoms with E-state index in [1.54, 1.807) is 37.5 Å². The van der Waals surface area contributed by atoms with Gasteiger partial charge in [-0.1, -0.05) is 68.4 Å². The van der Waals surface area contributed by atoms with Crippen molar-refractivity contribution in [2.45, 2.75) is 214 Å². The third-order valence-corrected chi connectivity index (χ3v) is 21.0. The Morgan fingerprint density at radius 3 is 2.17 bits per heavy atom. The van der Waals surface area contributed by atoms with E-state index in [-0.39, 0.29) is 88.7 Å². The van der Waals surface area contributed by atoms with Gasteiger partial charge in [0, 0.05) is 72.5 Å². The zero-order valence-electron chi connectivity index (χ0n) is 62.9. The normalized spacial score (nSPS) is 18.8. The Balaban J connectivity index is 1.27. The van der Waals surface area contributed by atoms with Crippen LogP contribution in [0.15, 0.2) is 58.8 Å². The number of nitrogens with zero attached hydrogens (tertiary/aromatic N) is 3. The number of carbonyl (C=O) groups is 14. The lowest BCUT2D eigenvalue weighted by atomic mass is 9.80. The molecule has 0 spiro atoms. The predicted molar refractivity (Wildman–Crippen MR) is 412 cm³/mol. The Kier molecular flexibility index (Phi) is 38.7. The number of carbonyl (C=O) groups excluding carboxylic acids is 13. The van der Waals surface area contributed by atoms with Crippen LogP contribution in [-0.4, -0.2) is 223 Å². The van der Waals surface area contributed by atoms with E-state index in [0.29, 0.717) is 90.9 Å². The number of aldehydes is 1. The lowest BCUT2D eigenvalue weighted by Gasteiger charge is -2.32. The molecule has 2 bridgehead atoms. The first-order valence-corrected chi connectivity index (χ1v) is 39.7. The second-order valence-corrected chi connectivity index (χ2v) is 29.5. The third-order valence-electron chi connectivity index (χ3n) is 18.8. The van der Waals surface area contributed by atoms with Crippen LogP contribution in [0, 0.1) is 5.92 Å². The molecular weight excluding hydrogens is 1480 g/mol. The van der Waals surface area contributed by atoms with E-state index in [1.807, 2.05) is 25.1 Å². The molecule has 1 saturated heterocycles. The van der Waals surface area contributed by atoms with Crippen molar-refractivity contribution in [1.29, 1.82) is 0 Å². The Hall–Kier alpha value is -10.1. The minimum absolute atomic E-state index is 0.00343. The van der Waals surface area contributed by atoms with E-state index in [9.17, 15) is 67.4 Å². The molecule has 1 saturated carbocycles. The number of unbranched alkanes of at least 4 members (excludes halogenated alkanes) is 1. The first-order chi connectivity index (χ1) is 53.3. The number of aromatic amines is 1. The Bertz CT molecular complexity index is 3730. The van der Waals surface area contributed by atoms with E-state index in [0.717, 1.165) is 50.1 Å². The number of hydrogen-bond donors (Lipinski definition) is 15. The zero-order chi connectivity index (χ0) is 80.8. The number of carboxylic acid groups (broad SMARTS) is 1. The van der Waals surface area contributed by atoms with Gasteiger partial charge in [0.05, 0.1) is 32.2 Å². The molecule has 6 rings (SSSR count). The number of H-pyrrole nitrogens is 1. The number of benzene rings is 2. The SMILES string of the molecule is CCCC[C@H](NC(=O)[C@@H]1CCCN1C(=O)[C@@H]1CSCc2cc(CSC[C@H](NC)C(N)=O)cc(c2)OCCCCCCO/N=C/C(=O)N[C@@H](CCCN=C(N)N)C(=O)N1)C(=O)N[C@@H](CC(=O)OOC)C(=O)N[C@@H](CC1CCC1)C(=O)N[C@@H](Cc1c[nH]c2ccccc12)C(=O)N[C@@H](CCC(N)=O)C(=O)N[C@H](C=O)CCC(=O)O. The topological polar surface area (TPSA) is 552 Å². The van der Waals surface area contributed by atoms with E-state index in [1.165, 1.54) is 28.4 Å². The number of fused-ring (bicyclic) bond motifs is 3. The van der Waals surface area contributed by atoms with Crippen molar-refractivity contribution in [1.82, 2.24) is 57.7 Å². The molecule has 2 aliphatic heterocycles. The average molecular weight is 1590 g/mol. The Morgan fingerprint density at radius 2 is 1.48 bits per heavy atom. The molecule has 3 heterocycles. The number of carboxylic acids is 1. The molecule has 38 heteroatoms. The van der Waals surface area contributed by atoms with Gasteiger partial charge in [-0.25, -0.2) is 4.79 Å². The summed E-state index contributed by atoms with van der Waals surface area (Å²) in [6.07, 6.45) is 6.58. The molecule has 1 aromatic heterocycles. The molecule has 0 radical (unpaired) electrons. The number of amides is 11. The second-order valence-electron chi connectivity index (χ2n) is 27.4. The van der Waals surface area contributed by atoms with Crippen molar-refractivity contribution in [3.63, 3.8) is 0 Å². The van der Waals surface area contributed by atoms with Gasteiger partial charge in [-0.3, -0.25) is 67.4 Å². The van der Waals surface area contributed by atoms with Gasteiger partial charge in [0.2, 0.25) is 59.1 Å². The standard InChI is InChI=1S/C73H107N17O19S2/c1-4-5-18-52(67(100)88-56(35-63(96)109-106-3)70(103)86-54(33-43-15-12-16-43)68(101)87-55(34-46-36-80-50-19-9-8-17-49(46)50)69(102)84-53(23-24-60(74)92)65(98)82-47(38-91)22-25-62(94)95)85-71(104)59-21-14-27-90(59)72(105)58-42-111-40-45-30-44(39-110-41-57(78-2)64(75)97)31-48(32-45)107-28-10-6-7-11-29-108-81-37-61(93)83-51(66(99)89-58)20-13-26-79-73(76)77/h8-9,17,19,30-32,36-38,43,47,51-59,78,80H,4-7,10-16,18,20-29,33-35,39-42H2,1-3H3,(H2,74,92)(H2,75,97)(H,82,98)(H,83,93)(H,84,102)(H,85,104)(H,86,103)(H,87,101)(H,88,100)(H,89,99)(H,94,95)(H4,76,77,79)/b81-37+/t47-,51-,52-,53-,54-,55-,56-,57-,58-,59-/m0/s1. The number of hydrogen-bond acceptors (Lipinski definition) is 23. The fourth-order valence-corrected chi connectivity index (χ4v) is 14.7. The first kappa shape index (κ1) is 89.8. The summed E-state index contributed by atoms with van der Waals surface area (Å²) in [5.74, 6) is -10.2. The van der Waals surface area contributed by atoms with Gasteiger partial charge in [-0.2, -0.15) is 28.4 Å². The van der Waals surface area contributed by atoms with E-state index >= 15 is 4.79 Å². The lowest BCUT2D eigenvalue weighted by Crippen LogP contribution is -2.61. The number of ether oxygens (including phenoxy) is 1. The number of aromatic nitrogens is 1. The highest BCUT2D eigenvalue weighted by Gasteiger charge is 2.41. The largest absolute Gasteiger partial charge is 0.494 e. The first-order valence-electron chi connectivity index (χ1n) is 37.4. The van der Waals surface area contributed by atoms with Gasteiger partial charge in [0.1, 0.15) is 73.2 Å². The van der Waals surface area contributed by atoms with E-state index in [2.05, 4.69) is 67.9 Å². The summed E-state index contributed by atoms with van der Waals surface area (Å²) >= 11 is 2.79. The Labute approximate surface area is 651 Å². The summed E-state index contributed by atoms with van der Waals surface area (Å²) < 4.78 is 6.27. The monoisotopic (exact) mass is 1590 g/mol. The van der Waals surface area contributed by atoms with Crippen molar-refractivity contribution in [3.05, 3.63) is 65.4 Å². The van der Waals surface area contributed by atoms with Crippen LogP contribution >= 0.6 is 23.5 Å². The molecule has 1 aliphatic carbocycles. The fourth-order valence-electron chi connectivity index (χ4n) is 12.6. The van der Waals surface area contributed by atoms with Gasteiger partial charge in [-0.05, 0) is 125 Å². The summed E-state index contributed by atoms with van der Waals surface area (Å²) in [4.78, 5) is 215. The number of likely N-dealkylation sites (N-methyl/N-ethyl adjacent to an activating group) is 1. The van der Waals surface area contributed by atoms with Crippen molar-refractivity contribution in [2.24, 2.45) is 39.0 Å². The number of nitrogens with one attached hydrogen (secondary N) is 10. The van der Waals surface area contributed by atoms with Crippen molar-refractivity contribution in [3.8, 4) is 5.75 Å². The number of primary amides is 2. The van der Waals surface area contributed by atoms with Gasteiger partial charge in [-0.15, -0.1) is 0 Å². The molecule has 610 valence electrons. The molecule has 10 atom stereocenters. The lowest BCUT2D eigenvalue weighted by molar-refractivity contribution is -0.255. The summed E-state index contributed by atoms with van der Waals surface area (Å²) in [6, 6.07) is -0.687. The second kappa shape index (κ2) is 47.9. The predicted octanol–water partition coefficient (Wildman–Crippen LogP) is 0.0328. The fraction of sp³-hybridized carbons (Fsp3) is 0.589. The average Bonchev–Trinajstić information content (AvgIpc) is 1.73. The van der Waals surface area contributed by atoms with Crippen LogP contribution in [0.1, 0.15) is 152 Å². The van der Waals surface area contributed by atoms with Crippen LogP contribution in [0.2, 0.25) is 0 Å². The molecule has 2 fully saturated rings. The molecule has 11 amide bonds. The van der Waals surface area contributed by atoms with E-state index < -0.39 is 157 Å². The minimum atomic E-state index is -1.83. The molecule has 36 nitrogen and oxygen atoms in total. The van der Waals surface area contributed by atoms with E-state index in [4.69, 9.17) is 37.4 Å². The number of oxime groups is 1. The highest BCUT2D eigenvalue weighted by Crippen LogP contribution is 2.32. The maximum Gasteiger partial charge on any atom is 0.344 e. The molecule has 3 aliphatic rings. The number of thioether (sulfide) groups is 2. The number of likely N-dealkylation sites (tertiary alicyclic amines) is 1. The molecule has 19 N–H and O–H groups in total. The Morgan fingerprint density at radius 1 is 0.784 bits per heavy atom. The molecule has 0 unspecified atom stereocenters. The van der Waals surface area contributed by atoms with Gasteiger partial charge in [0.25, 0.3) is 5.91 Å².